The molecule has 25 heavy (non-hydrogen) atoms. The van der Waals surface area contributed by atoms with Crippen molar-refractivity contribution in [2.24, 2.45) is 0 Å². The number of pyridine rings is 1. The van der Waals surface area contributed by atoms with Crippen molar-refractivity contribution >= 4 is 34.4 Å². The Morgan fingerprint density at radius 2 is 1.88 bits per heavy atom. The Morgan fingerprint density at radius 1 is 1.08 bits per heavy atom. The second-order valence-corrected chi connectivity index (χ2v) is 5.75. The van der Waals surface area contributed by atoms with Crippen LogP contribution in [0.1, 0.15) is 10.4 Å². The number of halogens is 1. The van der Waals surface area contributed by atoms with Gasteiger partial charge in [-0.05, 0) is 18.2 Å². The first-order valence-corrected chi connectivity index (χ1v) is 7.91. The third kappa shape index (κ3) is 2.95. The van der Waals surface area contributed by atoms with Crippen molar-refractivity contribution in [1.29, 1.82) is 0 Å². The fraction of sp³-hybridized carbons (Fsp3) is 0. The molecule has 2 aromatic carbocycles. The molecule has 7 heteroatoms. The smallest absolute Gasteiger partial charge is 0.258 e. The number of rotatable bonds is 3. The van der Waals surface area contributed by atoms with Crippen LogP contribution in [0.5, 0.6) is 0 Å². The number of para-hydroxylation sites is 1. The van der Waals surface area contributed by atoms with E-state index in [0.29, 0.717) is 21.8 Å². The Morgan fingerprint density at radius 3 is 2.68 bits per heavy atom. The molecule has 0 saturated heterocycles. The molecule has 2 N–H and O–H groups in total. The summed E-state index contributed by atoms with van der Waals surface area (Å²) >= 11 is 6.29. The van der Waals surface area contributed by atoms with Gasteiger partial charge in [-0.15, -0.1) is 0 Å². The zero-order chi connectivity index (χ0) is 17.2. The Balaban J connectivity index is 1.87. The molecule has 0 saturated carbocycles. The standard InChI is InChI=1S/C18H12ClN5O/c19-14-7-3-1-6-12(14)16-9-13(11-5-2-4-8-15(11)22-16)17(25)23-18-20-10-21-24-18/h1-10H,(H2,20,21,23,24,25). The fourth-order valence-corrected chi connectivity index (χ4v) is 2.84. The van der Waals surface area contributed by atoms with E-state index in [2.05, 4.69) is 25.5 Å². The van der Waals surface area contributed by atoms with E-state index >= 15 is 0 Å². The van der Waals surface area contributed by atoms with Gasteiger partial charge >= 0.3 is 0 Å². The molecule has 0 aliphatic carbocycles. The molecule has 0 spiro atoms. The highest BCUT2D eigenvalue weighted by Gasteiger charge is 2.16. The number of hydrogen-bond acceptors (Lipinski definition) is 4. The molecule has 6 nitrogen and oxygen atoms in total. The van der Waals surface area contributed by atoms with Crippen LogP contribution in [0.3, 0.4) is 0 Å². The SMILES string of the molecule is O=C(Nc1ncn[nH]1)c1cc(-c2ccccc2Cl)nc2ccccc12. The fourth-order valence-electron chi connectivity index (χ4n) is 2.61. The molecule has 0 aliphatic rings. The summed E-state index contributed by atoms with van der Waals surface area (Å²) in [4.78, 5) is 21.3. The van der Waals surface area contributed by atoms with Gasteiger partial charge in [0.25, 0.3) is 5.91 Å². The number of aromatic amines is 1. The van der Waals surface area contributed by atoms with Gasteiger partial charge in [0.15, 0.2) is 0 Å². The molecule has 2 heterocycles. The van der Waals surface area contributed by atoms with Gasteiger partial charge in [-0.3, -0.25) is 10.1 Å². The summed E-state index contributed by atoms with van der Waals surface area (Å²) in [7, 11) is 0. The molecular weight excluding hydrogens is 338 g/mol. The monoisotopic (exact) mass is 349 g/mol. The molecule has 4 aromatic rings. The minimum atomic E-state index is -0.302. The number of amides is 1. The highest BCUT2D eigenvalue weighted by Crippen LogP contribution is 2.29. The largest absolute Gasteiger partial charge is 0.291 e. The zero-order valence-electron chi connectivity index (χ0n) is 12.9. The average molecular weight is 350 g/mol. The Kier molecular flexibility index (Phi) is 3.87. The maximum Gasteiger partial charge on any atom is 0.258 e. The summed E-state index contributed by atoms with van der Waals surface area (Å²) in [5, 5.41) is 10.4. The number of hydrogen-bond donors (Lipinski definition) is 2. The molecule has 0 radical (unpaired) electrons. The molecule has 0 bridgehead atoms. The third-order valence-corrected chi connectivity index (χ3v) is 4.09. The minimum Gasteiger partial charge on any atom is -0.291 e. The van der Waals surface area contributed by atoms with Gasteiger partial charge in [-0.1, -0.05) is 48.0 Å². The molecule has 1 amide bonds. The highest BCUT2D eigenvalue weighted by molar-refractivity contribution is 6.33. The molecular formula is C18H12ClN5O. The van der Waals surface area contributed by atoms with Crippen LogP contribution in [0.4, 0.5) is 5.95 Å². The Bertz CT molecular complexity index is 1060. The predicted molar refractivity (Wildman–Crippen MR) is 96.5 cm³/mol. The van der Waals surface area contributed by atoms with Crippen molar-refractivity contribution in [3.05, 3.63) is 71.5 Å². The molecule has 0 unspecified atom stereocenters. The summed E-state index contributed by atoms with van der Waals surface area (Å²) in [6.45, 7) is 0. The third-order valence-electron chi connectivity index (χ3n) is 3.76. The lowest BCUT2D eigenvalue weighted by Crippen LogP contribution is -2.14. The van der Waals surface area contributed by atoms with E-state index in [-0.39, 0.29) is 11.9 Å². The van der Waals surface area contributed by atoms with Crippen molar-refractivity contribution in [3.63, 3.8) is 0 Å². The number of aromatic nitrogens is 4. The number of nitrogens with zero attached hydrogens (tertiary/aromatic N) is 3. The second kappa shape index (κ2) is 6.33. The maximum absolute atomic E-state index is 12.7. The van der Waals surface area contributed by atoms with Crippen LogP contribution in [0.25, 0.3) is 22.2 Å². The van der Waals surface area contributed by atoms with E-state index in [1.165, 1.54) is 6.33 Å². The summed E-state index contributed by atoms with van der Waals surface area (Å²) in [5.41, 5.74) is 2.59. The van der Waals surface area contributed by atoms with Crippen LogP contribution in [0.2, 0.25) is 5.02 Å². The van der Waals surface area contributed by atoms with Crippen molar-refractivity contribution < 1.29 is 4.79 Å². The number of H-pyrrole nitrogens is 1. The van der Waals surface area contributed by atoms with Crippen LogP contribution < -0.4 is 5.32 Å². The topological polar surface area (TPSA) is 83.6 Å². The lowest BCUT2D eigenvalue weighted by Gasteiger charge is -2.10. The van der Waals surface area contributed by atoms with Gasteiger partial charge in [0.2, 0.25) is 5.95 Å². The van der Waals surface area contributed by atoms with Crippen molar-refractivity contribution in [2.75, 3.05) is 5.32 Å². The van der Waals surface area contributed by atoms with Crippen molar-refractivity contribution in [2.45, 2.75) is 0 Å². The number of benzene rings is 2. The average Bonchev–Trinajstić information content (AvgIpc) is 3.14. The van der Waals surface area contributed by atoms with Crippen LogP contribution in [-0.2, 0) is 0 Å². The molecule has 2 aromatic heterocycles. The number of carbonyl (C=O) groups is 1. The van der Waals surface area contributed by atoms with Crippen molar-refractivity contribution in [3.8, 4) is 11.3 Å². The van der Waals surface area contributed by atoms with E-state index in [4.69, 9.17) is 11.6 Å². The molecule has 0 atom stereocenters. The highest BCUT2D eigenvalue weighted by atomic mass is 35.5. The van der Waals surface area contributed by atoms with E-state index in [1.54, 1.807) is 12.1 Å². The quantitative estimate of drug-likeness (QED) is 0.587. The molecule has 0 aliphatic heterocycles. The first kappa shape index (κ1) is 15.3. The van der Waals surface area contributed by atoms with Crippen LogP contribution >= 0.6 is 11.6 Å². The van der Waals surface area contributed by atoms with E-state index in [9.17, 15) is 4.79 Å². The van der Waals surface area contributed by atoms with E-state index < -0.39 is 0 Å². The van der Waals surface area contributed by atoms with Crippen LogP contribution in [0, 0.1) is 0 Å². The van der Waals surface area contributed by atoms with E-state index in [0.717, 1.165) is 10.9 Å². The number of anilines is 1. The van der Waals surface area contributed by atoms with Gasteiger partial charge in [0, 0.05) is 16.0 Å². The summed E-state index contributed by atoms with van der Waals surface area (Å²) in [6.07, 6.45) is 1.33. The minimum absolute atomic E-state index is 0.283. The first-order chi connectivity index (χ1) is 12.2. The number of fused-ring (bicyclic) bond motifs is 1. The summed E-state index contributed by atoms with van der Waals surface area (Å²) in [6, 6.07) is 16.6. The van der Waals surface area contributed by atoms with Gasteiger partial charge in [-0.2, -0.15) is 10.1 Å². The normalized spacial score (nSPS) is 10.8. The van der Waals surface area contributed by atoms with Gasteiger partial charge in [0.1, 0.15) is 6.33 Å². The lowest BCUT2D eigenvalue weighted by molar-refractivity contribution is 0.102. The molecule has 0 fully saturated rings. The van der Waals surface area contributed by atoms with Gasteiger partial charge in [-0.25, -0.2) is 10.1 Å². The molecule has 122 valence electrons. The summed E-state index contributed by atoms with van der Waals surface area (Å²) in [5.74, 6) is -0.0196. The van der Waals surface area contributed by atoms with Crippen LogP contribution in [0.15, 0.2) is 60.9 Å². The molecule has 4 rings (SSSR count). The van der Waals surface area contributed by atoms with Gasteiger partial charge in [0.05, 0.1) is 16.8 Å². The number of nitrogens with one attached hydrogen (secondary N) is 2. The predicted octanol–water partition coefficient (Wildman–Crippen LogP) is 3.93. The number of carbonyl (C=O) groups excluding carboxylic acids is 1. The second-order valence-electron chi connectivity index (χ2n) is 5.34. The first-order valence-electron chi connectivity index (χ1n) is 7.54. The zero-order valence-corrected chi connectivity index (χ0v) is 13.7. The van der Waals surface area contributed by atoms with Crippen LogP contribution in [-0.4, -0.2) is 26.1 Å². The van der Waals surface area contributed by atoms with Gasteiger partial charge < -0.3 is 0 Å². The van der Waals surface area contributed by atoms with E-state index in [1.807, 2.05) is 42.5 Å². The summed E-state index contributed by atoms with van der Waals surface area (Å²) < 4.78 is 0. The lowest BCUT2D eigenvalue weighted by atomic mass is 10.0. The Labute approximate surface area is 147 Å². The van der Waals surface area contributed by atoms with Crippen molar-refractivity contribution in [1.82, 2.24) is 20.2 Å². The maximum atomic E-state index is 12.7. The Hall–Kier alpha value is -3.25.